The van der Waals surface area contributed by atoms with E-state index in [4.69, 9.17) is 21.3 Å². The number of alkyl halides is 3. The lowest BCUT2D eigenvalue weighted by molar-refractivity contribution is -0.227. The van der Waals surface area contributed by atoms with Crippen molar-refractivity contribution in [1.82, 2.24) is 9.97 Å². The highest BCUT2D eigenvalue weighted by Crippen LogP contribution is 2.38. The Morgan fingerprint density at radius 2 is 1.90 bits per heavy atom. The molecule has 0 amide bonds. The Kier molecular flexibility index (Phi) is 9.16. The van der Waals surface area contributed by atoms with Crippen LogP contribution in [0, 0.1) is 5.92 Å². The van der Waals surface area contributed by atoms with Crippen LogP contribution in [0.5, 0.6) is 0 Å². The number of ether oxygens (including phenoxy) is 1. The lowest BCUT2D eigenvalue weighted by Crippen LogP contribution is -2.32. The monoisotopic (exact) mass is 558 g/mol. The highest BCUT2D eigenvalue weighted by molar-refractivity contribution is 5.73. The summed E-state index contributed by atoms with van der Waals surface area (Å²) in [6.45, 7) is -0.449. The molecule has 1 unspecified atom stereocenters. The smallest absolute Gasteiger partial charge is 0.418 e. The van der Waals surface area contributed by atoms with E-state index in [1.165, 1.54) is 24.3 Å². The van der Waals surface area contributed by atoms with Crippen molar-refractivity contribution >= 4 is 23.1 Å². The van der Waals surface area contributed by atoms with Crippen molar-refractivity contribution in [3.8, 4) is 0 Å². The lowest BCUT2D eigenvalue weighted by atomic mass is 9.84. The van der Waals surface area contributed by atoms with E-state index in [1.807, 2.05) is 6.08 Å². The quantitative estimate of drug-likeness (QED) is 0.320. The fraction of sp³-hybridized carbons (Fsp3) is 0.345. The molecule has 7 nitrogen and oxygen atoms in total. The number of aromatic nitrogens is 2. The normalized spacial score (nSPS) is 19.2. The van der Waals surface area contributed by atoms with Crippen LogP contribution in [-0.2, 0) is 16.1 Å². The fourth-order valence-corrected chi connectivity index (χ4v) is 4.79. The van der Waals surface area contributed by atoms with Crippen LogP contribution in [0.25, 0.3) is 11.1 Å². The van der Waals surface area contributed by atoms with Crippen LogP contribution in [0.2, 0.25) is 0 Å². The maximum atomic E-state index is 14.0. The van der Waals surface area contributed by atoms with Gasteiger partial charge in [0, 0.05) is 0 Å². The molecule has 1 aromatic heterocycles. The molecule has 0 spiro atoms. The minimum atomic E-state index is -4.68. The molecule has 0 radical (unpaired) electrons. The number of hydrogen-bond donors (Lipinski definition) is 3. The molecular weight excluding hydrogens is 528 g/mol. The summed E-state index contributed by atoms with van der Waals surface area (Å²) in [5, 5.41) is 9.03. The van der Waals surface area contributed by atoms with Gasteiger partial charge in [0.25, 0.3) is 0 Å². The summed E-state index contributed by atoms with van der Waals surface area (Å²) in [5.41, 5.74) is 14.4. The summed E-state index contributed by atoms with van der Waals surface area (Å²) in [5.74, 6) is -1.38. The molecule has 0 saturated carbocycles. The Morgan fingerprint density at radius 3 is 2.55 bits per heavy atom. The predicted molar refractivity (Wildman–Crippen MR) is 143 cm³/mol. The third-order valence-corrected chi connectivity index (χ3v) is 6.90. The van der Waals surface area contributed by atoms with Gasteiger partial charge in [-0.1, -0.05) is 42.5 Å². The van der Waals surface area contributed by atoms with Crippen molar-refractivity contribution in [2.45, 2.75) is 57.0 Å². The number of carboxylic acids is 1. The van der Waals surface area contributed by atoms with Crippen molar-refractivity contribution in [1.29, 1.82) is 0 Å². The Morgan fingerprint density at radius 1 is 1.15 bits per heavy atom. The maximum absolute atomic E-state index is 14.0. The molecule has 2 aliphatic rings. The van der Waals surface area contributed by atoms with Crippen molar-refractivity contribution < 1.29 is 32.2 Å². The number of aliphatic carboxylic acids is 1. The minimum absolute atomic E-state index is 0.0782. The molecule has 2 aliphatic carbocycles. The number of benzene rings is 1. The number of allylic oxidation sites excluding steroid dienone is 8. The van der Waals surface area contributed by atoms with E-state index in [-0.39, 0.29) is 29.0 Å². The molecule has 2 aromatic rings. The van der Waals surface area contributed by atoms with Gasteiger partial charge in [-0.3, -0.25) is 4.79 Å². The van der Waals surface area contributed by atoms with Gasteiger partial charge in [-0.25, -0.2) is 14.4 Å². The molecule has 1 aromatic carbocycles. The molecule has 0 bridgehead atoms. The number of nitrogen functional groups attached to an aromatic ring is 1. The Bertz CT molecular complexity index is 1350. The van der Waals surface area contributed by atoms with Crippen molar-refractivity contribution in [3.63, 3.8) is 0 Å². The lowest BCUT2D eigenvalue weighted by Gasteiger charge is -2.23. The van der Waals surface area contributed by atoms with Crippen LogP contribution < -0.4 is 11.5 Å². The third kappa shape index (κ3) is 7.64. The van der Waals surface area contributed by atoms with Gasteiger partial charge in [0.05, 0.1) is 18.0 Å². The molecule has 4 rings (SSSR count). The van der Waals surface area contributed by atoms with Gasteiger partial charge in [0.2, 0.25) is 5.95 Å². The number of nitrogens with zero attached hydrogens (tertiary/aromatic N) is 2. The van der Waals surface area contributed by atoms with Gasteiger partial charge in [-0.05, 0) is 78.5 Å². The average Bonchev–Trinajstić information content (AvgIpc) is 3.13. The zero-order valence-corrected chi connectivity index (χ0v) is 21.6. The number of rotatable bonds is 9. The van der Waals surface area contributed by atoms with Gasteiger partial charge in [0.15, 0.2) is 6.10 Å². The molecule has 0 saturated heterocycles. The van der Waals surface area contributed by atoms with Crippen LogP contribution in [0.4, 0.5) is 23.5 Å². The zero-order chi connectivity index (χ0) is 28.9. The standard InChI is InChI=1S/C29H30F4N4O3/c30-22-3-1-2-18(12-13-22)19-8-10-21(11-9-19)26(29(31,32)33)40-16-23-15-25(37-28(35)36-23)20-6-4-17(5-7-20)14-24(34)27(38)39/h1-3,6,8-11,13,15,17,24,26H,4-5,7,12,14,16,34H2,(H,38,39)(H2,35,36,37)/t17?,24-,26+/m0/s1. The Hall–Kier alpha value is -3.83. The maximum Gasteiger partial charge on any atom is 0.418 e. The van der Waals surface area contributed by atoms with E-state index in [1.54, 1.807) is 30.4 Å². The Balaban J connectivity index is 1.45. The molecule has 11 heteroatoms. The first-order valence-corrected chi connectivity index (χ1v) is 12.8. The molecule has 0 fully saturated rings. The molecule has 0 aliphatic heterocycles. The summed E-state index contributed by atoms with van der Waals surface area (Å²) >= 11 is 0. The molecule has 40 heavy (non-hydrogen) atoms. The number of carbonyl (C=O) groups is 1. The molecule has 3 atom stereocenters. The summed E-state index contributed by atoms with van der Waals surface area (Å²) < 4.78 is 60.7. The summed E-state index contributed by atoms with van der Waals surface area (Å²) in [7, 11) is 0. The predicted octanol–water partition coefficient (Wildman–Crippen LogP) is 6.06. The van der Waals surface area contributed by atoms with E-state index in [2.05, 4.69) is 9.97 Å². The van der Waals surface area contributed by atoms with Crippen molar-refractivity contribution in [2.75, 3.05) is 5.73 Å². The highest BCUT2D eigenvalue weighted by atomic mass is 19.4. The van der Waals surface area contributed by atoms with Crippen LogP contribution in [-0.4, -0.2) is 33.3 Å². The highest BCUT2D eigenvalue weighted by Gasteiger charge is 2.42. The zero-order valence-electron chi connectivity index (χ0n) is 21.6. The number of halogens is 4. The summed E-state index contributed by atoms with van der Waals surface area (Å²) in [4.78, 5) is 19.3. The third-order valence-electron chi connectivity index (χ3n) is 6.90. The average molecular weight is 559 g/mol. The van der Waals surface area contributed by atoms with Gasteiger partial charge >= 0.3 is 12.1 Å². The largest absolute Gasteiger partial charge is 0.480 e. The fourth-order valence-electron chi connectivity index (χ4n) is 4.79. The van der Waals surface area contributed by atoms with E-state index >= 15 is 0 Å². The summed E-state index contributed by atoms with van der Waals surface area (Å²) in [6.07, 6.45) is 3.63. The van der Waals surface area contributed by atoms with Crippen LogP contribution >= 0.6 is 0 Å². The van der Waals surface area contributed by atoms with Crippen LogP contribution in [0.15, 0.2) is 66.5 Å². The van der Waals surface area contributed by atoms with Crippen LogP contribution in [0.3, 0.4) is 0 Å². The van der Waals surface area contributed by atoms with E-state index in [0.29, 0.717) is 43.4 Å². The van der Waals surface area contributed by atoms with Crippen LogP contribution in [0.1, 0.15) is 60.7 Å². The molecule has 5 N–H and O–H groups in total. The van der Waals surface area contributed by atoms with Crippen molar-refractivity contribution in [3.05, 3.63) is 89.1 Å². The second-order valence-electron chi connectivity index (χ2n) is 9.85. The summed E-state index contributed by atoms with van der Waals surface area (Å²) in [6, 6.07) is 6.44. The number of hydrogen-bond acceptors (Lipinski definition) is 6. The van der Waals surface area contributed by atoms with E-state index in [9.17, 15) is 22.4 Å². The first-order chi connectivity index (χ1) is 19.0. The Labute approximate surface area is 229 Å². The van der Waals surface area contributed by atoms with E-state index in [0.717, 1.165) is 11.1 Å². The minimum Gasteiger partial charge on any atom is -0.480 e. The second-order valence-corrected chi connectivity index (χ2v) is 9.85. The first kappa shape index (κ1) is 29.2. The first-order valence-electron chi connectivity index (χ1n) is 12.8. The van der Waals surface area contributed by atoms with Crippen molar-refractivity contribution in [2.24, 2.45) is 11.7 Å². The SMILES string of the molecule is Nc1nc(CO[C@H](c2ccc(C3=CC=CC(F)=CC3)cc2)C(F)(F)F)cc(C2=CCC(C[C@H](N)C(=O)O)CC2)n1. The number of nitrogens with two attached hydrogens (primary N) is 2. The molecule has 1 heterocycles. The molecule has 212 valence electrons. The van der Waals surface area contributed by atoms with Gasteiger partial charge < -0.3 is 21.3 Å². The van der Waals surface area contributed by atoms with Gasteiger partial charge in [0.1, 0.15) is 11.9 Å². The van der Waals surface area contributed by atoms with Gasteiger partial charge in [-0.2, -0.15) is 13.2 Å². The van der Waals surface area contributed by atoms with Gasteiger partial charge in [-0.15, -0.1) is 0 Å². The van der Waals surface area contributed by atoms with E-state index < -0.39 is 30.9 Å². The number of anilines is 1. The number of carboxylic acid groups (broad SMARTS) is 1. The molecular formula is C29H30F4N4O3. The topological polar surface area (TPSA) is 124 Å². The second kappa shape index (κ2) is 12.6.